The molecule has 0 radical (unpaired) electrons. The molecule has 6 nitrogen and oxygen atoms in total. The molecular formula is C15H23IN4O2. The summed E-state index contributed by atoms with van der Waals surface area (Å²) in [5.74, 6) is -0.0522. The fourth-order valence-electron chi connectivity index (χ4n) is 2.31. The zero-order valence-corrected chi connectivity index (χ0v) is 15.0. The number of carbonyl (C=O) groups excluding carboxylic acids is 1. The van der Waals surface area contributed by atoms with Crippen LogP contribution in [0.3, 0.4) is 0 Å². The predicted octanol–water partition coefficient (Wildman–Crippen LogP) is 1.62. The van der Waals surface area contributed by atoms with Gasteiger partial charge in [-0.05, 0) is 31.9 Å². The average Bonchev–Trinajstić information content (AvgIpc) is 2.48. The fourth-order valence-corrected chi connectivity index (χ4v) is 2.31. The summed E-state index contributed by atoms with van der Waals surface area (Å²) >= 11 is 0. The van der Waals surface area contributed by atoms with Crippen molar-refractivity contribution in [2.24, 2.45) is 21.9 Å². The van der Waals surface area contributed by atoms with E-state index >= 15 is 0 Å². The number of hydrogen-bond acceptors (Lipinski definition) is 3. The molecule has 1 aliphatic heterocycles. The van der Waals surface area contributed by atoms with Gasteiger partial charge in [0.1, 0.15) is 0 Å². The molecule has 0 saturated carbocycles. The van der Waals surface area contributed by atoms with Crippen LogP contribution in [0, 0.1) is 12.3 Å². The Morgan fingerprint density at radius 3 is 2.41 bits per heavy atom. The Labute approximate surface area is 147 Å². The molecule has 1 aliphatic rings. The highest BCUT2D eigenvalue weighted by Crippen LogP contribution is 2.30. The predicted molar refractivity (Wildman–Crippen MR) is 98.4 cm³/mol. The number of anilines is 1. The van der Waals surface area contributed by atoms with E-state index in [2.05, 4.69) is 10.3 Å². The van der Waals surface area contributed by atoms with Gasteiger partial charge in [-0.1, -0.05) is 17.7 Å². The Kier molecular flexibility index (Phi) is 7.08. The summed E-state index contributed by atoms with van der Waals surface area (Å²) in [7, 11) is 0. The van der Waals surface area contributed by atoms with Crippen molar-refractivity contribution in [2.75, 3.05) is 25.1 Å². The molecule has 0 bridgehead atoms. The Bertz CT molecular complexity index is 525. The van der Waals surface area contributed by atoms with E-state index in [-0.39, 0.29) is 42.4 Å². The summed E-state index contributed by atoms with van der Waals surface area (Å²) in [6.07, 6.45) is 1.17. The van der Waals surface area contributed by atoms with Gasteiger partial charge in [0, 0.05) is 18.9 Å². The van der Waals surface area contributed by atoms with Crippen LogP contribution in [0.5, 0.6) is 0 Å². The van der Waals surface area contributed by atoms with E-state index in [4.69, 9.17) is 16.2 Å². The van der Waals surface area contributed by atoms with E-state index in [0.717, 1.165) is 5.69 Å². The molecule has 0 spiro atoms. The van der Waals surface area contributed by atoms with Crippen molar-refractivity contribution in [3.05, 3.63) is 29.8 Å². The van der Waals surface area contributed by atoms with Gasteiger partial charge < -0.3 is 21.5 Å². The van der Waals surface area contributed by atoms with E-state index in [9.17, 15) is 4.79 Å². The summed E-state index contributed by atoms with van der Waals surface area (Å²) in [4.78, 5) is 16.0. The topological polar surface area (TPSA) is 103 Å². The summed E-state index contributed by atoms with van der Waals surface area (Å²) in [6.45, 7) is 3.37. The van der Waals surface area contributed by atoms with Crippen LogP contribution >= 0.6 is 24.0 Å². The van der Waals surface area contributed by atoms with Crippen molar-refractivity contribution in [1.29, 1.82) is 0 Å². The van der Waals surface area contributed by atoms with Crippen LogP contribution in [-0.4, -0.2) is 31.6 Å². The molecule has 1 fully saturated rings. The molecule has 5 N–H and O–H groups in total. The minimum atomic E-state index is -0.641. The Balaban J connectivity index is 0.00000242. The number of nitrogens with zero attached hydrogens (tertiary/aromatic N) is 1. The van der Waals surface area contributed by atoms with Crippen molar-refractivity contribution in [1.82, 2.24) is 0 Å². The molecule has 0 aliphatic carbocycles. The number of hydrogen-bond donors (Lipinski definition) is 3. The second kappa shape index (κ2) is 8.33. The highest BCUT2D eigenvalue weighted by molar-refractivity contribution is 14.0. The van der Waals surface area contributed by atoms with Gasteiger partial charge in [-0.3, -0.25) is 9.79 Å². The number of halogens is 1. The van der Waals surface area contributed by atoms with Crippen LogP contribution in [-0.2, 0) is 9.53 Å². The first-order valence-electron chi connectivity index (χ1n) is 7.03. The summed E-state index contributed by atoms with van der Waals surface area (Å²) in [6, 6.07) is 7.82. The summed E-state index contributed by atoms with van der Waals surface area (Å²) in [5, 5.41) is 3.01. The van der Waals surface area contributed by atoms with Gasteiger partial charge in [0.05, 0.1) is 12.0 Å². The highest BCUT2D eigenvalue weighted by atomic mass is 127. The van der Waals surface area contributed by atoms with Crippen LogP contribution in [0.2, 0.25) is 0 Å². The van der Waals surface area contributed by atoms with Gasteiger partial charge >= 0.3 is 0 Å². The zero-order chi connectivity index (χ0) is 15.3. The second-order valence-electron chi connectivity index (χ2n) is 5.45. The van der Waals surface area contributed by atoms with E-state index in [0.29, 0.717) is 26.1 Å². The summed E-state index contributed by atoms with van der Waals surface area (Å²) < 4.78 is 5.29. The van der Waals surface area contributed by atoms with E-state index in [1.165, 1.54) is 5.56 Å². The molecule has 1 heterocycles. The molecule has 7 heteroatoms. The minimum absolute atomic E-state index is 0. The number of ether oxygens (including phenoxy) is 1. The fraction of sp³-hybridized carbons (Fsp3) is 0.467. The van der Waals surface area contributed by atoms with Gasteiger partial charge in [-0.25, -0.2) is 0 Å². The van der Waals surface area contributed by atoms with Crippen molar-refractivity contribution in [3.63, 3.8) is 0 Å². The monoisotopic (exact) mass is 418 g/mol. The number of aliphatic imine (C=N–C) groups is 1. The molecule has 22 heavy (non-hydrogen) atoms. The third-order valence-electron chi connectivity index (χ3n) is 3.85. The average molecular weight is 418 g/mol. The van der Waals surface area contributed by atoms with Crippen LogP contribution in [0.25, 0.3) is 0 Å². The van der Waals surface area contributed by atoms with Crippen LogP contribution < -0.4 is 16.8 Å². The minimum Gasteiger partial charge on any atom is -0.381 e. The van der Waals surface area contributed by atoms with Gasteiger partial charge in [0.2, 0.25) is 5.91 Å². The SMILES string of the molecule is Cc1ccc(NC(N)=NCC2(C(N)=O)CCOCC2)cc1.I. The Morgan fingerprint density at radius 1 is 1.27 bits per heavy atom. The van der Waals surface area contributed by atoms with Crippen LogP contribution in [0.15, 0.2) is 29.3 Å². The van der Waals surface area contributed by atoms with Gasteiger partial charge in [-0.2, -0.15) is 0 Å². The first-order valence-corrected chi connectivity index (χ1v) is 7.03. The smallest absolute Gasteiger partial charge is 0.225 e. The lowest BCUT2D eigenvalue weighted by molar-refractivity contribution is -0.132. The third kappa shape index (κ3) is 4.84. The Morgan fingerprint density at radius 2 is 1.86 bits per heavy atom. The molecule has 1 saturated heterocycles. The molecule has 1 amide bonds. The number of guanidine groups is 1. The maximum absolute atomic E-state index is 11.7. The zero-order valence-electron chi connectivity index (χ0n) is 12.7. The molecular weight excluding hydrogens is 395 g/mol. The standard InChI is InChI=1S/C15H22N4O2.HI/c1-11-2-4-12(5-3-11)19-14(17)18-10-15(13(16)20)6-8-21-9-7-15;/h2-5H,6-10H2,1H3,(H2,16,20)(H3,17,18,19);1H. The van der Waals surface area contributed by atoms with E-state index < -0.39 is 5.41 Å². The summed E-state index contributed by atoms with van der Waals surface area (Å²) in [5.41, 5.74) is 12.8. The highest BCUT2D eigenvalue weighted by Gasteiger charge is 2.38. The van der Waals surface area contributed by atoms with Gasteiger partial charge in [0.25, 0.3) is 0 Å². The maximum atomic E-state index is 11.7. The number of nitrogens with two attached hydrogens (primary N) is 2. The van der Waals surface area contributed by atoms with Gasteiger partial charge in [0.15, 0.2) is 5.96 Å². The van der Waals surface area contributed by atoms with Crippen molar-refractivity contribution < 1.29 is 9.53 Å². The lowest BCUT2D eigenvalue weighted by atomic mass is 9.79. The number of benzene rings is 1. The molecule has 122 valence electrons. The Hall–Kier alpha value is -1.35. The molecule has 0 atom stereocenters. The first-order chi connectivity index (χ1) is 10.0. The van der Waals surface area contributed by atoms with E-state index in [1.807, 2.05) is 31.2 Å². The lowest BCUT2D eigenvalue weighted by Gasteiger charge is -2.32. The van der Waals surface area contributed by atoms with Crippen LogP contribution in [0.4, 0.5) is 5.69 Å². The van der Waals surface area contributed by atoms with E-state index in [1.54, 1.807) is 0 Å². The van der Waals surface area contributed by atoms with Gasteiger partial charge in [-0.15, -0.1) is 24.0 Å². The van der Waals surface area contributed by atoms with Crippen molar-refractivity contribution in [3.8, 4) is 0 Å². The lowest BCUT2D eigenvalue weighted by Crippen LogP contribution is -2.44. The van der Waals surface area contributed by atoms with Crippen molar-refractivity contribution >= 4 is 41.5 Å². The number of aryl methyl sites for hydroxylation is 1. The first kappa shape index (κ1) is 18.7. The second-order valence-corrected chi connectivity index (χ2v) is 5.45. The number of rotatable bonds is 4. The molecule has 2 rings (SSSR count). The maximum Gasteiger partial charge on any atom is 0.225 e. The largest absolute Gasteiger partial charge is 0.381 e. The van der Waals surface area contributed by atoms with Crippen LogP contribution in [0.1, 0.15) is 18.4 Å². The molecule has 0 aromatic heterocycles. The number of nitrogens with one attached hydrogen (secondary N) is 1. The molecule has 0 unspecified atom stereocenters. The third-order valence-corrected chi connectivity index (χ3v) is 3.85. The molecule has 1 aromatic carbocycles. The number of carbonyl (C=O) groups is 1. The molecule has 1 aromatic rings. The normalized spacial score (nSPS) is 17.4. The quantitative estimate of drug-likeness (QED) is 0.393. The number of primary amides is 1. The van der Waals surface area contributed by atoms with Crippen molar-refractivity contribution in [2.45, 2.75) is 19.8 Å². The number of amides is 1.